The van der Waals surface area contributed by atoms with Gasteiger partial charge in [0.25, 0.3) is 0 Å². The van der Waals surface area contributed by atoms with E-state index in [0.717, 1.165) is 17.3 Å². The van der Waals surface area contributed by atoms with Crippen LogP contribution >= 0.6 is 22.6 Å². The van der Waals surface area contributed by atoms with E-state index < -0.39 is 0 Å². The van der Waals surface area contributed by atoms with Crippen LogP contribution in [0.3, 0.4) is 0 Å². The molecule has 4 heteroatoms. The molecule has 0 amide bonds. The van der Waals surface area contributed by atoms with Crippen LogP contribution in [0, 0.1) is 0 Å². The van der Waals surface area contributed by atoms with Crippen molar-refractivity contribution in [2.75, 3.05) is 11.0 Å². The SMILES string of the molecule is C[C@]1(CC[C@H]2O[C@]2(C)CI)O[C@H]1CO. The zero-order valence-electron chi connectivity index (χ0n) is 8.62. The Balaban J connectivity index is 1.70. The molecular weight excluding hydrogens is 295 g/mol. The summed E-state index contributed by atoms with van der Waals surface area (Å²) in [4.78, 5) is 0. The monoisotopic (exact) mass is 312 g/mol. The summed E-state index contributed by atoms with van der Waals surface area (Å²) < 4.78 is 12.1. The molecule has 0 bridgehead atoms. The highest BCUT2D eigenvalue weighted by Gasteiger charge is 2.56. The van der Waals surface area contributed by atoms with E-state index in [-0.39, 0.29) is 23.9 Å². The molecule has 2 aliphatic rings. The standard InChI is InChI=1S/C10H17IO3/c1-9(8(5-12)14-9)4-3-7-10(2,6-11)13-7/h7-8,12H,3-6H2,1-2H3/t7-,8+,9-,10-/m1/s1. The fourth-order valence-corrected chi connectivity index (χ4v) is 2.60. The van der Waals surface area contributed by atoms with Crippen molar-refractivity contribution in [1.82, 2.24) is 0 Å². The molecule has 3 nitrogen and oxygen atoms in total. The highest BCUT2D eigenvalue weighted by Crippen LogP contribution is 2.46. The van der Waals surface area contributed by atoms with Crippen LogP contribution in [0.15, 0.2) is 0 Å². The number of alkyl halides is 1. The van der Waals surface area contributed by atoms with Gasteiger partial charge in [-0.2, -0.15) is 0 Å². The Morgan fingerprint density at radius 3 is 2.29 bits per heavy atom. The van der Waals surface area contributed by atoms with Gasteiger partial charge < -0.3 is 14.6 Å². The lowest BCUT2D eigenvalue weighted by Gasteiger charge is -2.04. The van der Waals surface area contributed by atoms with Gasteiger partial charge in [-0.3, -0.25) is 0 Å². The Hall–Kier alpha value is 0.610. The molecule has 0 aromatic rings. The van der Waals surface area contributed by atoms with Gasteiger partial charge in [-0.1, -0.05) is 22.6 Å². The third kappa shape index (κ3) is 1.94. The molecule has 2 fully saturated rings. The van der Waals surface area contributed by atoms with E-state index in [1.165, 1.54) is 0 Å². The minimum absolute atomic E-state index is 0.0621. The van der Waals surface area contributed by atoms with Crippen molar-refractivity contribution in [3.63, 3.8) is 0 Å². The Morgan fingerprint density at radius 2 is 1.86 bits per heavy atom. The summed E-state index contributed by atoms with van der Waals surface area (Å²) in [5, 5.41) is 8.91. The third-order valence-corrected chi connectivity index (χ3v) is 4.92. The molecule has 0 radical (unpaired) electrons. The lowest BCUT2D eigenvalue weighted by atomic mass is 9.97. The fourth-order valence-electron chi connectivity index (χ4n) is 1.93. The zero-order chi connectivity index (χ0) is 10.4. The van der Waals surface area contributed by atoms with E-state index in [2.05, 4.69) is 36.4 Å². The number of halogens is 1. The summed E-state index contributed by atoms with van der Waals surface area (Å²) in [5.41, 5.74) is 0.0351. The Bertz CT molecular complexity index is 235. The first kappa shape index (κ1) is 11.1. The maximum absolute atomic E-state index is 8.91. The van der Waals surface area contributed by atoms with Crippen LogP contribution < -0.4 is 0 Å². The van der Waals surface area contributed by atoms with E-state index >= 15 is 0 Å². The molecule has 2 saturated heterocycles. The summed E-state index contributed by atoms with van der Waals surface area (Å²) >= 11 is 2.36. The average Bonchev–Trinajstić information content (AvgIpc) is 3.02. The number of ether oxygens (including phenoxy) is 2. The molecule has 2 aliphatic heterocycles. The number of hydrogen-bond acceptors (Lipinski definition) is 3. The normalized spacial score (nSPS) is 50.6. The van der Waals surface area contributed by atoms with Crippen LogP contribution in [-0.2, 0) is 9.47 Å². The number of aliphatic hydroxyl groups is 1. The molecule has 0 aromatic carbocycles. The van der Waals surface area contributed by atoms with Crippen LogP contribution in [0.4, 0.5) is 0 Å². The molecular formula is C10H17IO3. The van der Waals surface area contributed by atoms with Crippen LogP contribution in [0.5, 0.6) is 0 Å². The van der Waals surface area contributed by atoms with Crippen LogP contribution in [0.25, 0.3) is 0 Å². The Morgan fingerprint density at radius 1 is 1.21 bits per heavy atom. The second-order valence-corrected chi connectivity index (χ2v) is 5.46. The molecule has 2 heterocycles. The first-order chi connectivity index (χ1) is 6.54. The summed E-state index contributed by atoms with van der Waals surface area (Å²) in [6, 6.07) is 0. The van der Waals surface area contributed by atoms with E-state index in [4.69, 9.17) is 14.6 Å². The predicted octanol–water partition coefficient (Wildman–Crippen LogP) is 1.51. The van der Waals surface area contributed by atoms with E-state index in [0.29, 0.717) is 6.10 Å². The van der Waals surface area contributed by atoms with Gasteiger partial charge in [-0.15, -0.1) is 0 Å². The number of epoxide rings is 2. The van der Waals surface area contributed by atoms with Crippen LogP contribution in [0.1, 0.15) is 26.7 Å². The molecule has 4 atom stereocenters. The van der Waals surface area contributed by atoms with Crippen molar-refractivity contribution in [2.45, 2.75) is 50.1 Å². The fraction of sp³-hybridized carbons (Fsp3) is 1.00. The molecule has 0 aliphatic carbocycles. The topological polar surface area (TPSA) is 45.3 Å². The molecule has 1 N–H and O–H groups in total. The minimum Gasteiger partial charge on any atom is -0.394 e. The van der Waals surface area contributed by atoms with Gasteiger partial charge in [0.05, 0.1) is 18.3 Å². The van der Waals surface area contributed by atoms with Gasteiger partial charge in [-0.05, 0) is 26.7 Å². The summed E-state index contributed by atoms with van der Waals surface area (Å²) in [6.45, 7) is 4.37. The molecule has 0 aromatic heterocycles. The number of aliphatic hydroxyl groups excluding tert-OH is 1. The van der Waals surface area contributed by atoms with E-state index in [1.807, 2.05) is 0 Å². The number of rotatable bonds is 5. The maximum Gasteiger partial charge on any atom is 0.110 e. The average molecular weight is 312 g/mol. The first-order valence-corrected chi connectivity index (χ1v) is 6.59. The van der Waals surface area contributed by atoms with Gasteiger partial charge >= 0.3 is 0 Å². The molecule has 0 spiro atoms. The van der Waals surface area contributed by atoms with Crippen LogP contribution in [0.2, 0.25) is 0 Å². The highest BCUT2D eigenvalue weighted by molar-refractivity contribution is 14.1. The number of hydrogen-bond donors (Lipinski definition) is 1. The van der Waals surface area contributed by atoms with Crippen LogP contribution in [-0.4, -0.2) is 39.6 Å². The smallest absolute Gasteiger partial charge is 0.110 e. The Labute approximate surface area is 98.3 Å². The molecule has 0 unspecified atom stereocenters. The summed E-state index contributed by atoms with van der Waals surface area (Å²) in [6.07, 6.45) is 2.51. The van der Waals surface area contributed by atoms with Crippen molar-refractivity contribution in [3.05, 3.63) is 0 Å². The van der Waals surface area contributed by atoms with Crippen molar-refractivity contribution in [1.29, 1.82) is 0 Å². The summed E-state index contributed by atoms with van der Waals surface area (Å²) in [7, 11) is 0. The van der Waals surface area contributed by atoms with Crippen molar-refractivity contribution in [3.8, 4) is 0 Å². The lowest BCUT2D eigenvalue weighted by molar-refractivity contribution is 0.233. The molecule has 0 saturated carbocycles. The molecule has 2 rings (SSSR count). The van der Waals surface area contributed by atoms with Gasteiger partial charge in [0.15, 0.2) is 0 Å². The molecule has 14 heavy (non-hydrogen) atoms. The van der Waals surface area contributed by atoms with Gasteiger partial charge in [0.1, 0.15) is 11.7 Å². The first-order valence-electron chi connectivity index (χ1n) is 5.06. The quantitative estimate of drug-likeness (QED) is 0.475. The maximum atomic E-state index is 8.91. The van der Waals surface area contributed by atoms with Crippen molar-refractivity contribution < 1.29 is 14.6 Å². The Kier molecular flexibility index (Phi) is 2.83. The van der Waals surface area contributed by atoms with E-state index in [1.54, 1.807) is 0 Å². The lowest BCUT2D eigenvalue weighted by Crippen LogP contribution is -2.16. The van der Waals surface area contributed by atoms with Gasteiger partial charge in [-0.25, -0.2) is 0 Å². The second kappa shape index (κ2) is 3.57. The van der Waals surface area contributed by atoms with Crippen molar-refractivity contribution >= 4 is 22.6 Å². The summed E-state index contributed by atoms with van der Waals surface area (Å²) in [5.74, 6) is 0. The third-order valence-electron chi connectivity index (χ3n) is 3.40. The zero-order valence-corrected chi connectivity index (χ0v) is 10.8. The molecule has 82 valence electrons. The van der Waals surface area contributed by atoms with Crippen molar-refractivity contribution in [2.24, 2.45) is 0 Å². The minimum atomic E-state index is -0.0765. The van der Waals surface area contributed by atoms with E-state index in [9.17, 15) is 0 Å². The van der Waals surface area contributed by atoms with Gasteiger partial charge in [0.2, 0.25) is 0 Å². The predicted molar refractivity (Wildman–Crippen MR) is 61.8 cm³/mol. The largest absolute Gasteiger partial charge is 0.394 e. The highest BCUT2D eigenvalue weighted by atomic mass is 127. The van der Waals surface area contributed by atoms with Gasteiger partial charge in [0, 0.05) is 4.43 Å². The second-order valence-electron chi connectivity index (χ2n) is 4.69.